The highest BCUT2D eigenvalue weighted by Crippen LogP contribution is 2.25. The fraction of sp³-hybridized carbons (Fsp3) is 0.296. The summed E-state index contributed by atoms with van der Waals surface area (Å²) in [5.74, 6) is -0.620. The molecule has 3 aromatic carbocycles. The molecule has 0 N–H and O–H groups in total. The van der Waals surface area contributed by atoms with Gasteiger partial charge in [-0.3, -0.25) is 24.2 Å². The number of aryl methyl sites for hydroxylation is 1. The maximum absolute atomic E-state index is 12.8. The van der Waals surface area contributed by atoms with Gasteiger partial charge in [-0.1, -0.05) is 48.5 Å². The molecule has 6 nitrogen and oxygen atoms in total. The van der Waals surface area contributed by atoms with Gasteiger partial charge in [0.1, 0.15) is 0 Å². The standard InChI is InChI=1S/C27H27N3O3/c1-19-10-11-20-6-2-3-7-21(20)24(19)18-28-14-16-29(17-15-28)25(31)12-13-30-26(32)22-8-4-5-9-23(22)27(30)33/h2-11H,12-18H2,1H3. The first-order chi connectivity index (χ1) is 16.0. The largest absolute Gasteiger partial charge is 0.340 e. The van der Waals surface area contributed by atoms with Gasteiger partial charge in [-0.15, -0.1) is 0 Å². The molecule has 2 aliphatic rings. The Kier molecular flexibility index (Phi) is 5.68. The van der Waals surface area contributed by atoms with E-state index in [1.54, 1.807) is 24.3 Å². The van der Waals surface area contributed by atoms with Crippen LogP contribution < -0.4 is 0 Å². The third-order valence-corrected chi connectivity index (χ3v) is 6.81. The lowest BCUT2D eigenvalue weighted by atomic mass is 9.99. The quantitative estimate of drug-likeness (QED) is 0.569. The van der Waals surface area contributed by atoms with E-state index in [1.165, 1.54) is 26.8 Å². The molecular formula is C27H27N3O3. The second-order valence-corrected chi connectivity index (χ2v) is 8.80. The lowest BCUT2D eigenvalue weighted by Crippen LogP contribution is -2.49. The highest BCUT2D eigenvalue weighted by Gasteiger charge is 2.35. The number of piperazine rings is 1. The van der Waals surface area contributed by atoms with Gasteiger partial charge < -0.3 is 4.90 Å². The molecule has 0 spiro atoms. The fourth-order valence-corrected chi connectivity index (χ4v) is 4.84. The second-order valence-electron chi connectivity index (χ2n) is 8.80. The molecule has 1 fully saturated rings. The predicted molar refractivity (Wildman–Crippen MR) is 127 cm³/mol. The van der Waals surface area contributed by atoms with Crippen molar-refractivity contribution in [3.05, 3.63) is 82.9 Å². The second kappa shape index (κ2) is 8.79. The summed E-state index contributed by atoms with van der Waals surface area (Å²) in [4.78, 5) is 43.2. The van der Waals surface area contributed by atoms with Crippen molar-refractivity contribution in [1.82, 2.24) is 14.7 Å². The number of carbonyl (C=O) groups is 3. The van der Waals surface area contributed by atoms with Crippen molar-refractivity contribution >= 4 is 28.5 Å². The van der Waals surface area contributed by atoms with Crippen LogP contribution in [0.2, 0.25) is 0 Å². The summed E-state index contributed by atoms with van der Waals surface area (Å²) < 4.78 is 0. The first-order valence-corrected chi connectivity index (χ1v) is 11.5. The number of hydrogen-bond donors (Lipinski definition) is 0. The van der Waals surface area contributed by atoms with Gasteiger partial charge in [0.15, 0.2) is 0 Å². The van der Waals surface area contributed by atoms with E-state index in [9.17, 15) is 14.4 Å². The smallest absolute Gasteiger partial charge is 0.261 e. The van der Waals surface area contributed by atoms with Crippen LogP contribution in [0.5, 0.6) is 0 Å². The first-order valence-electron chi connectivity index (χ1n) is 11.5. The molecule has 3 amide bonds. The minimum Gasteiger partial charge on any atom is -0.340 e. The van der Waals surface area contributed by atoms with E-state index in [1.807, 2.05) is 4.90 Å². The number of benzene rings is 3. The van der Waals surface area contributed by atoms with Gasteiger partial charge in [-0.2, -0.15) is 0 Å². The number of nitrogens with zero attached hydrogens (tertiary/aromatic N) is 3. The molecule has 0 radical (unpaired) electrons. The Morgan fingerprint density at radius 1 is 0.818 bits per heavy atom. The van der Waals surface area contributed by atoms with Crippen molar-refractivity contribution in [3.63, 3.8) is 0 Å². The highest BCUT2D eigenvalue weighted by molar-refractivity contribution is 6.21. The Labute approximate surface area is 193 Å². The molecule has 3 aromatic rings. The average molecular weight is 442 g/mol. The van der Waals surface area contributed by atoms with E-state index < -0.39 is 0 Å². The lowest BCUT2D eigenvalue weighted by molar-refractivity contribution is -0.133. The fourth-order valence-electron chi connectivity index (χ4n) is 4.84. The summed E-state index contributed by atoms with van der Waals surface area (Å²) in [6, 6.07) is 19.6. The third kappa shape index (κ3) is 4.02. The molecular weight excluding hydrogens is 414 g/mol. The topological polar surface area (TPSA) is 60.9 Å². The van der Waals surface area contributed by atoms with Crippen molar-refractivity contribution in [2.45, 2.75) is 19.9 Å². The first kappa shape index (κ1) is 21.3. The van der Waals surface area contributed by atoms with E-state index >= 15 is 0 Å². The molecule has 0 aliphatic carbocycles. The third-order valence-electron chi connectivity index (χ3n) is 6.81. The van der Waals surface area contributed by atoms with Crippen molar-refractivity contribution < 1.29 is 14.4 Å². The van der Waals surface area contributed by atoms with Crippen LogP contribution in [0.1, 0.15) is 38.3 Å². The summed E-state index contributed by atoms with van der Waals surface area (Å²) in [5, 5.41) is 2.54. The van der Waals surface area contributed by atoms with E-state index in [2.05, 4.69) is 48.2 Å². The minimum absolute atomic E-state index is 0.00690. The Bertz CT molecular complexity index is 1210. The summed E-state index contributed by atoms with van der Waals surface area (Å²) in [7, 11) is 0. The van der Waals surface area contributed by atoms with E-state index in [0.29, 0.717) is 24.2 Å². The zero-order chi connectivity index (χ0) is 22.9. The maximum Gasteiger partial charge on any atom is 0.261 e. The van der Waals surface area contributed by atoms with Gasteiger partial charge in [-0.25, -0.2) is 0 Å². The number of fused-ring (bicyclic) bond motifs is 2. The summed E-state index contributed by atoms with van der Waals surface area (Å²) >= 11 is 0. The minimum atomic E-state index is -0.307. The monoisotopic (exact) mass is 441 g/mol. The highest BCUT2D eigenvalue weighted by atomic mass is 16.2. The Balaban J connectivity index is 1.16. The van der Waals surface area contributed by atoms with Gasteiger partial charge in [0, 0.05) is 45.7 Å². The lowest BCUT2D eigenvalue weighted by Gasteiger charge is -2.35. The Morgan fingerprint density at radius 2 is 1.45 bits per heavy atom. The normalized spacial score (nSPS) is 16.5. The van der Waals surface area contributed by atoms with E-state index in [0.717, 1.165) is 19.6 Å². The SMILES string of the molecule is Cc1ccc2ccccc2c1CN1CCN(C(=O)CCN2C(=O)c3ccccc3C2=O)CC1. The van der Waals surface area contributed by atoms with Crippen molar-refractivity contribution in [3.8, 4) is 0 Å². The molecule has 168 valence electrons. The molecule has 0 bridgehead atoms. The molecule has 1 saturated heterocycles. The van der Waals surface area contributed by atoms with E-state index in [4.69, 9.17) is 0 Å². The average Bonchev–Trinajstić information content (AvgIpc) is 3.09. The van der Waals surface area contributed by atoms with Crippen LogP contribution in [0.4, 0.5) is 0 Å². The Morgan fingerprint density at radius 3 is 2.15 bits per heavy atom. The number of carbonyl (C=O) groups excluding carboxylic acids is 3. The van der Waals surface area contributed by atoms with Crippen LogP contribution in [-0.2, 0) is 11.3 Å². The number of imide groups is 1. The van der Waals surface area contributed by atoms with Crippen LogP contribution >= 0.6 is 0 Å². The molecule has 2 heterocycles. The van der Waals surface area contributed by atoms with Gasteiger partial charge in [0.2, 0.25) is 5.91 Å². The van der Waals surface area contributed by atoms with Gasteiger partial charge >= 0.3 is 0 Å². The zero-order valence-corrected chi connectivity index (χ0v) is 18.8. The van der Waals surface area contributed by atoms with Gasteiger partial charge in [0.25, 0.3) is 11.8 Å². The molecule has 0 atom stereocenters. The van der Waals surface area contributed by atoms with Crippen LogP contribution in [0.15, 0.2) is 60.7 Å². The van der Waals surface area contributed by atoms with Crippen LogP contribution in [0, 0.1) is 6.92 Å². The molecule has 5 rings (SSSR count). The molecule has 33 heavy (non-hydrogen) atoms. The van der Waals surface area contributed by atoms with Crippen LogP contribution in [-0.4, -0.2) is 65.1 Å². The number of hydrogen-bond acceptors (Lipinski definition) is 4. The number of amides is 3. The molecule has 0 unspecified atom stereocenters. The van der Waals surface area contributed by atoms with Crippen LogP contribution in [0.25, 0.3) is 10.8 Å². The van der Waals surface area contributed by atoms with E-state index in [-0.39, 0.29) is 30.7 Å². The van der Waals surface area contributed by atoms with Gasteiger partial charge in [0.05, 0.1) is 11.1 Å². The van der Waals surface area contributed by atoms with Crippen molar-refractivity contribution in [1.29, 1.82) is 0 Å². The molecule has 0 saturated carbocycles. The summed E-state index contributed by atoms with van der Waals surface area (Å²) in [6.07, 6.45) is 0.161. The molecule has 2 aliphatic heterocycles. The molecule has 6 heteroatoms. The number of rotatable bonds is 5. The zero-order valence-electron chi connectivity index (χ0n) is 18.8. The summed E-state index contributed by atoms with van der Waals surface area (Å²) in [6.45, 7) is 6.07. The predicted octanol–water partition coefficient (Wildman–Crippen LogP) is 3.48. The van der Waals surface area contributed by atoms with Crippen molar-refractivity contribution in [2.75, 3.05) is 32.7 Å². The summed E-state index contributed by atoms with van der Waals surface area (Å²) in [5.41, 5.74) is 3.48. The van der Waals surface area contributed by atoms with Crippen LogP contribution in [0.3, 0.4) is 0 Å². The Hall–Kier alpha value is -3.51. The van der Waals surface area contributed by atoms with Gasteiger partial charge in [-0.05, 0) is 41.0 Å². The molecule has 0 aromatic heterocycles. The van der Waals surface area contributed by atoms with Crippen molar-refractivity contribution in [2.24, 2.45) is 0 Å². The maximum atomic E-state index is 12.8.